The van der Waals surface area contributed by atoms with E-state index in [1.54, 1.807) is 41.1 Å². The maximum Gasteiger partial charge on any atom is 0.269 e. The third kappa shape index (κ3) is 4.22. The number of amides is 1. The van der Waals surface area contributed by atoms with Crippen LogP contribution in [0.15, 0.2) is 47.4 Å². The zero-order chi connectivity index (χ0) is 22.7. The molecule has 0 radical (unpaired) electrons. The monoisotopic (exact) mass is 451 g/mol. The molecule has 0 bridgehead atoms. The Kier molecular flexibility index (Phi) is 5.98. The van der Waals surface area contributed by atoms with Gasteiger partial charge in [0.1, 0.15) is 10.7 Å². The number of aromatic nitrogens is 2. The smallest absolute Gasteiger partial charge is 0.269 e. The molecule has 0 spiro atoms. The first-order valence-electron chi connectivity index (χ1n) is 9.62. The number of carbonyl (C=O) groups is 1. The molecule has 0 atom stereocenters. The van der Waals surface area contributed by atoms with Gasteiger partial charge in [-0.2, -0.15) is 5.26 Å². The second kappa shape index (κ2) is 9.01. The van der Waals surface area contributed by atoms with Gasteiger partial charge >= 0.3 is 0 Å². The van der Waals surface area contributed by atoms with Crippen molar-refractivity contribution in [3.63, 3.8) is 0 Å². The first kappa shape index (κ1) is 21.2. The van der Waals surface area contributed by atoms with Crippen LogP contribution in [0.4, 0.5) is 5.69 Å². The summed E-state index contributed by atoms with van der Waals surface area (Å²) in [5, 5.41) is 20.4. The second-order valence-corrected chi connectivity index (χ2v) is 7.91. The lowest BCUT2D eigenvalue weighted by atomic mass is 10.2. The van der Waals surface area contributed by atoms with Gasteiger partial charge in [0, 0.05) is 42.8 Å². The molecule has 2 aromatic heterocycles. The average Bonchev–Trinajstić information content (AvgIpc) is 3.41. The summed E-state index contributed by atoms with van der Waals surface area (Å²) >= 11 is 1.03. The number of carbonyl (C=O) groups excluding carboxylic acids is 1. The van der Waals surface area contributed by atoms with Crippen LogP contribution in [0.5, 0.6) is 0 Å². The Morgan fingerprint density at radius 3 is 2.62 bits per heavy atom. The minimum absolute atomic E-state index is 0.0183. The van der Waals surface area contributed by atoms with Gasteiger partial charge in [-0.1, -0.05) is 0 Å². The first-order chi connectivity index (χ1) is 15.5. The van der Waals surface area contributed by atoms with Crippen LogP contribution in [0.25, 0.3) is 17.3 Å². The van der Waals surface area contributed by atoms with Crippen LogP contribution in [-0.2, 0) is 9.53 Å². The van der Waals surface area contributed by atoms with Crippen molar-refractivity contribution in [3.05, 3.63) is 78.0 Å². The molecule has 1 saturated heterocycles. The normalized spacial score (nSPS) is 15.3. The fourth-order valence-electron chi connectivity index (χ4n) is 3.29. The van der Waals surface area contributed by atoms with Crippen molar-refractivity contribution in [2.75, 3.05) is 26.3 Å². The Morgan fingerprint density at radius 2 is 1.97 bits per heavy atom. The van der Waals surface area contributed by atoms with E-state index < -0.39 is 16.4 Å². The molecule has 11 heteroatoms. The lowest BCUT2D eigenvalue weighted by Gasteiger charge is -2.26. The standard InChI is InChI=1S/C21H17N5O5S/c22-13-17(21(28)24-8-10-31-11-9-24)20-23-19(27)18(32-20)12-16-2-1-7-25(16)14-3-5-15(6-4-14)26(29)30/h1-7,12H,8-11H2,(H,23,27)/b18-12-,20-17-. The molecule has 3 aromatic rings. The summed E-state index contributed by atoms with van der Waals surface area (Å²) in [5.74, 6) is -0.436. The minimum Gasteiger partial charge on any atom is -0.378 e. The van der Waals surface area contributed by atoms with Gasteiger partial charge in [0.25, 0.3) is 17.2 Å². The molecule has 1 amide bonds. The van der Waals surface area contributed by atoms with E-state index in [0.29, 0.717) is 42.2 Å². The van der Waals surface area contributed by atoms with Gasteiger partial charge in [-0.05, 0) is 30.3 Å². The summed E-state index contributed by atoms with van der Waals surface area (Å²) in [4.78, 5) is 39.8. The number of nitriles is 1. The van der Waals surface area contributed by atoms with Crippen molar-refractivity contribution in [1.82, 2.24) is 14.5 Å². The molecule has 32 heavy (non-hydrogen) atoms. The summed E-state index contributed by atoms with van der Waals surface area (Å²) in [6.45, 7) is 1.59. The van der Waals surface area contributed by atoms with Gasteiger partial charge in [0.15, 0.2) is 5.57 Å². The number of nitro benzene ring substituents is 1. The van der Waals surface area contributed by atoms with E-state index in [1.807, 2.05) is 6.07 Å². The maximum atomic E-state index is 12.7. The number of nitrogens with one attached hydrogen (secondary N) is 1. The first-order valence-corrected chi connectivity index (χ1v) is 10.4. The van der Waals surface area contributed by atoms with Gasteiger partial charge in [0.2, 0.25) is 0 Å². The van der Waals surface area contributed by atoms with Crippen molar-refractivity contribution in [2.24, 2.45) is 0 Å². The molecule has 0 aliphatic carbocycles. The molecule has 3 heterocycles. The van der Waals surface area contributed by atoms with Gasteiger partial charge in [0.05, 0.1) is 22.7 Å². The second-order valence-electron chi connectivity index (χ2n) is 6.86. The summed E-state index contributed by atoms with van der Waals surface area (Å²) in [7, 11) is 0. The fourth-order valence-corrected chi connectivity index (χ4v) is 4.21. The Morgan fingerprint density at radius 1 is 1.25 bits per heavy atom. The molecule has 10 nitrogen and oxygen atoms in total. The van der Waals surface area contributed by atoms with Crippen LogP contribution in [-0.4, -0.2) is 51.6 Å². The number of thiazole rings is 1. The van der Waals surface area contributed by atoms with E-state index >= 15 is 0 Å². The van der Waals surface area contributed by atoms with E-state index in [2.05, 4.69) is 4.98 Å². The topological polar surface area (TPSA) is 134 Å². The Bertz CT molecular complexity index is 1390. The van der Waals surface area contributed by atoms with Crippen LogP contribution in [0.1, 0.15) is 5.69 Å². The number of H-pyrrole nitrogens is 1. The highest BCUT2D eigenvalue weighted by Crippen LogP contribution is 2.17. The highest BCUT2D eigenvalue weighted by molar-refractivity contribution is 7.07. The fraction of sp³-hybridized carbons (Fsp3) is 0.190. The van der Waals surface area contributed by atoms with Crippen molar-refractivity contribution in [3.8, 4) is 11.8 Å². The Labute approximate surface area is 185 Å². The van der Waals surface area contributed by atoms with Crippen molar-refractivity contribution < 1.29 is 14.5 Å². The number of non-ortho nitro benzene ring substituents is 1. The lowest BCUT2D eigenvalue weighted by Crippen LogP contribution is -2.42. The number of morpholine rings is 1. The van der Waals surface area contributed by atoms with Crippen LogP contribution < -0.4 is 14.8 Å². The number of benzene rings is 1. The molecule has 1 fully saturated rings. The molecule has 4 rings (SSSR count). The third-order valence-corrected chi connectivity index (χ3v) is 5.95. The molecule has 1 aliphatic heterocycles. The molecule has 162 valence electrons. The number of nitro groups is 1. The van der Waals surface area contributed by atoms with Gasteiger partial charge in [-0.3, -0.25) is 19.7 Å². The predicted octanol–water partition coefficient (Wildman–Crippen LogP) is 0.497. The van der Waals surface area contributed by atoms with Crippen LogP contribution >= 0.6 is 11.3 Å². The molecular weight excluding hydrogens is 434 g/mol. The van der Waals surface area contributed by atoms with Crippen molar-refractivity contribution >= 4 is 34.6 Å². The van der Waals surface area contributed by atoms with Crippen molar-refractivity contribution in [2.45, 2.75) is 0 Å². The van der Waals surface area contributed by atoms with Gasteiger partial charge in [-0.25, -0.2) is 0 Å². The van der Waals surface area contributed by atoms with E-state index in [9.17, 15) is 25.0 Å². The number of aromatic amines is 1. The largest absolute Gasteiger partial charge is 0.378 e. The van der Waals surface area contributed by atoms with Crippen LogP contribution in [0.2, 0.25) is 0 Å². The average molecular weight is 451 g/mol. The van der Waals surface area contributed by atoms with Crippen molar-refractivity contribution in [1.29, 1.82) is 5.26 Å². The third-order valence-electron chi connectivity index (χ3n) is 4.91. The summed E-state index contributed by atoms with van der Waals surface area (Å²) in [6, 6.07) is 11.5. The zero-order valence-electron chi connectivity index (χ0n) is 16.7. The van der Waals surface area contributed by atoms with E-state index in [-0.39, 0.29) is 15.9 Å². The van der Waals surface area contributed by atoms with Crippen LogP contribution in [0.3, 0.4) is 0 Å². The quantitative estimate of drug-likeness (QED) is 0.453. The highest BCUT2D eigenvalue weighted by Gasteiger charge is 2.22. The minimum atomic E-state index is -0.472. The van der Waals surface area contributed by atoms with Gasteiger partial charge in [-0.15, -0.1) is 11.3 Å². The predicted molar refractivity (Wildman–Crippen MR) is 117 cm³/mol. The van der Waals surface area contributed by atoms with Crippen LogP contribution in [0, 0.1) is 21.4 Å². The van der Waals surface area contributed by atoms with E-state index in [0.717, 1.165) is 11.3 Å². The van der Waals surface area contributed by atoms with Gasteiger partial charge < -0.3 is 19.2 Å². The molecule has 1 N–H and O–H groups in total. The summed E-state index contributed by atoms with van der Waals surface area (Å²) in [6.07, 6.45) is 3.41. The number of hydrogen-bond donors (Lipinski definition) is 1. The molecule has 1 aliphatic rings. The molecule has 1 aromatic carbocycles. The SMILES string of the molecule is N#C/C(C(=O)N1CCOCC1)=c1\[nH]c(=O)/c(=C/c2cccn2-c2ccc([N+](=O)[O-])cc2)s1. The summed E-state index contributed by atoms with van der Waals surface area (Å²) < 4.78 is 7.54. The molecular formula is C21H17N5O5S. The number of hydrogen-bond acceptors (Lipinski definition) is 7. The number of nitrogens with zero attached hydrogens (tertiary/aromatic N) is 4. The number of rotatable bonds is 4. The number of ether oxygens (including phenoxy) is 1. The molecule has 0 saturated carbocycles. The Balaban J connectivity index is 1.73. The highest BCUT2D eigenvalue weighted by atomic mass is 32.1. The molecule has 0 unspecified atom stereocenters. The van der Waals surface area contributed by atoms with E-state index in [1.165, 1.54) is 17.0 Å². The summed E-state index contributed by atoms with van der Waals surface area (Å²) in [5.41, 5.74) is 0.807. The lowest BCUT2D eigenvalue weighted by molar-refractivity contribution is -0.384. The zero-order valence-corrected chi connectivity index (χ0v) is 17.5. The Hall–Kier alpha value is -4.01. The van der Waals surface area contributed by atoms with E-state index in [4.69, 9.17) is 4.74 Å². The maximum absolute atomic E-state index is 12.7.